The van der Waals surface area contributed by atoms with E-state index in [9.17, 15) is 9.90 Å². The summed E-state index contributed by atoms with van der Waals surface area (Å²) in [7, 11) is 1.27. The van der Waals surface area contributed by atoms with E-state index in [0.717, 1.165) is 36.8 Å². The fourth-order valence-corrected chi connectivity index (χ4v) is 2.97. The van der Waals surface area contributed by atoms with Crippen LogP contribution in [0.4, 0.5) is 0 Å². The van der Waals surface area contributed by atoms with E-state index in [1.165, 1.54) is 7.11 Å². The molecular formula is C23H26N2O5. The van der Waals surface area contributed by atoms with Gasteiger partial charge in [0, 0.05) is 12.1 Å². The Labute approximate surface area is 176 Å². The molecule has 0 radical (unpaired) electrons. The van der Waals surface area contributed by atoms with Crippen molar-refractivity contribution in [2.45, 2.75) is 38.9 Å². The number of esters is 1. The van der Waals surface area contributed by atoms with Crippen LogP contribution in [0, 0.1) is 5.92 Å². The number of rotatable bonds is 9. The van der Waals surface area contributed by atoms with E-state index < -0.39 is 5.97 Å². The van der Waals surface area contributed by atoms with Gasteiger partial charge in [-0.25, -0.2) is 4.79 Å². The van der Waals surface area contributed by atoms with Crippen molar-refractivity contribution in [3.63, 3.8) is 0 Å². The maximum Gasteiger partial charge on any atom is 0.341 e. The fraction of sp³-hybridized carbons (Fsp3) is 0.348. The van der Waals surface area contributed by atoms with E-state index in [4.69, 9.17) is 14.3 Å². The molecule has 1 fully saturated rings. The molecule has 1 atom stereocenters. The maximum absolute atomic E-state index is 12.0. The van der Waals surface area contributed by atoms with Crippen LogP contribution in [0.15, 0.2) is 60.1 Å². The van der Waals surface area contributed by atoms with E-state index in [-0.39, 0.29) is 24.2 Å². The van der Waals surface area contributed by atoms with Gasteiger partial charge in [-0.1, -0.05) is 42.4 Å². The summed E-state index contributed by atoms with van der Waals surface area (Å²) in [6.07, 6.45) is 4.95. The second kappa shape index (κ2) is 10.4. The molecule has 0 aliphatic heterocycles. The lowest BCUT2D eigenvalue weighted by Crippen LogP contribution is -2.12. The molecule has 1 aromatic heterocycles. The number of ether oxygens (including phenoxy) is 2. The topological polar surface area (TPSA) is 90.2 Å². The number of aliphatic hydroxyl groups is 1. The number of methoxy groups -OCH3 is 1. The van der Waals surface area contributed by atoms with Gasteiger partial charge in [-0.15, -0.1) is 0 Å². The Balaban J connectivity index is 1.73. The normalized spacial score (nSPS) is 15.4. The fourth-order valence-electron chi connectivity index (χ4n) is 2.97. The van der Waals surface area contributed by atoms with Crippen molar-refractivity contribution in [2.24, 2.45) is 11.1 Å². The monoisotopic (exact) mass is 410 g/mol. The molecule has 2 aromatic rings. The Kier molecular flexibility index (Phi) is 7.43. The van der Waals surface area contributed by atoms with Gasteiger partial charge < -0.3 is 19.4 Å². The smallest absolute Gasteiger partial charge is 0.341 e. The first-order valence-electron chi connectivity index (χ1n) is 9.96. The van der Waals surface area contributed by atoms with Gasteiger partial charge in [0.25, 0.3) is 0 Å². The summed E-state index contributed by atoms with van der Waals surface area (Å²) >= 11 is 0. The van der Waals surface area contributed by atoms with Crippen LogP contribution in [0.25, 0.3) is 5.57 Å². The van der Waals surface area contributed by atoms with Crippen LogP contribution >= 0.6 is 0 Å². The molecule has 1 aliphatic carbocycles. The predicted octanol–water partition coefficient (Wildman–Crippen LogP) is 4.56. The average Bonchev–Trinajstić information content (AvgIpc) is 3.63. The summed E-state index contributed by atoms with van der Waals surface area (Å²) in [5.74, 6) is 0.143. The van der Waals surface area contributed by atoms with Crippen LogP contribution < -0.4 is 0 Å². The number of carbonyl (C=O) groups excluding carboxylic acids is 1. The minimum absolute atomic E-state index is 0.0686. The Morgan fingerprint density at radius 1 is 1.27 bits per heavy atom. The molecule has 3 rings (SSSR count). The first kappa shape index (κ1) is 21.4. The molecule has 1 aromatic carbocycles. The Hall–Kier alpha value is -3.35. The molecule has 1 N–H and O–H groups in total. The second-order valence-corrected chi connectivity index (χ2v) is 6.94. The van der Waals surface area contributed by atoms with Crippen molar-refractivity contribution in [3.8, 4) is 0 Å². The second-order valence-electron chi connectivity index (χ2n) is 6.94. The van der Waals surface area contributed by atoms with Gasteiger partial charge in [-0.2, -0.15) is 0 Å². The Morgan fingerprint density at radius 2 is 2.03 bits per heavy atom. The van der Waals surface area contributed by atoms with Gasteiger partial charge in [-0.05, 0) is 42.5 Å². The summed E-state index contributed by atoms with van der Waals surface area (Å²) in [5.41, 5.74) is 2.16. The number of oxime groups is 1. The van der Waals surface area contributed by atoms with Crippen molar-refractivity contribution in [1.29, 1.82) is 0 Å². The summed E-state index contributed by atoms with van der Waals surface area (Å²) in [4.78, 5) is 22.1. The first-order valence-corrected chi connectivity index (χ1v) is 9.96. The summed E-state index contributed by atoms with van der Waals surface area (Å²) in [5, 5.41) is 13.8. The number of benzene rings is 1. The molecule has 158 valence electrons. The molecule has 1 unspecified atom stereocenters. The minimum Gasteiger partial charge on any atom is -0.515 e. The number of carbonyl (C=O) groups is 1. The van der Waals surface area contributed by atoms with E-state index >= 15 is 0 Å². The third-order valence-electron chi connectivity index (χ3n) is 4.80. The van der Waals surface area contributed by atoms with Gasteiger partial charge in [0.05, 0.1) is 19.1 Å². The third-order valence-corrected chi connectivity index (χ3v) is 4.80. The zero-order valence-corrected chi connectivity index (χ0v) is 17.2. The van der Waals surface area contributed by atoms with Crippen LogP contribution in [0.5, 0.6) is 0 Å². The summed E-state index contributed by atoms with van der Waals surface area (Å²) in [6, 6.07) is 12.9. The first-order chi connectivity index (χ1) is 14.7. The van der Waals surface area contributed by atoms with Crippen LogP contribution in [-0.2, 0) is 25.7 Å². The van der Waals surface area contributed by atoms with Crippen molar-refractivity contribution in [1.82, 2.24) is 4.98 Å². The Morgan fingerprint density at radius 3 is 2.67 bits per heavy atom. The van der Waals surface area contributed by atoms with E-state index in [1.54, 1.807) is 18.3 Å². The quantitative estimate of drug-likeness (QED) is 0.163. The van der Waals surface area contributed by atoms with E-state index in [1.807, 2.05) is 37.3 Å². The largest absolute Gasteiger partial charge is 0.515 e. The van der Waals surface area contributed by atoms with Crippen LogP contribution in [0.3, 0.4) is 0 Å². The standard InChI is InChI=1S/C23H26N2O5/c1-3-21(20-10-6-7-13-24-20)30-25-22(16-11-12-16)29-15-17-8-4-5-9-18(17)19(14-26)23(27)28-2/h4-10,13-14,16,21,26H,3,11-12,15H2,1-2H3/b19-14+,25-22+. The molecule has 0 spiro atoms. The van der Waals surface area contributed by atoms with Crippen LogP contribution in [-0.4, -0.2) is 29.1 Å². The van der Waals surface area contributed by atoms with Gasteiger partial charge in [0.2, 0.25) is 5.90 Å². The maximum atomic E-state index is 12.0. The van der Waals surface area contributed by atoms with Crippen molar-refractivity contribution < 1.29 is 24.2 Å². The summed E-state index contributed by atoms with van der Waals surface area (Å²) < 4.78 is 10.7. The average molecular weight is 410 g/mol. The molecule has 1 heterocycles. The van der Waals surface area contributed by atoms with Gasteiger partial charge in [-0.3, -0.25) is 4.98 Å². The van der Waals surface area contributed by atoms with E-state index in [2.05, 4.69) is 10.1 Å². The molecule has 7 nitrogen and oxygen atoms in total. The molecule has 7 heteroatoms. The van der Waals surface area contributed by atoms with Crippen molar-refractivity contribution in [3.05, 3.63) is 71.7 Å². The molecule has 0 bridgehead atoms. The summed E-state index contributed by atoms with van der Waals surface area (Å²) in [6.45, 7) is 2.20. The highest BCUT2D eigenvalue weighted by Crippen LogP contribution is 2.33. The highest BCUT2D eigenvalue weighted by Gasteiger charge is 2.31. The molecule has 1 aliphatic rings. The number of aliphatic hydroxyl groups excluding tert-OH is 1. The lowest BCUT2D eigenvalue weighted by molar-refractivity contribution is -0.133. The van der Waals surface area contributed by atoms with Crippen LogP contribution in [0.1, 0.15) is 49.1 Å². The number of hydrogen-bond acceptors (Lipinski definition) is 7. The number of nitrogens with zero attached hydrogens (tertiary/aromatic N) is 2. The predicted molar refractivity (Wildman–Crippen MR) is 112 cm³/mol. The number of aromatic nitrogens is 1. The Bertz CT molecular complexity index is 907. The van der Waals surface area contributed by atoms with E-state index in [0.29, 0.717) is 11.5 Å². The molecule has 0 saturated heterocycles. The third kappa shape index (κ3) is 5.37. The zero-order chi connectivity index (χ0) is 21.3. The van der Waals surface area contributed by atoms with Crippen molar-refractivity contribution >= 4 is 17.4 Å². The van der Waals surface area contributed by atoms with Gasteiger partial charge >= 0.3 is 5.97 Å². The lowest BCUT2D eigenvalue weighted by atomic mass is 10.0. The molecule has 0 amide bonds. The lowest BCUT2D eigenvalue weighted by Gasteiger charge is -2.15. The molecular weight excluding hydrogens is 384 g/mol. The van der Waals surface area contributed by atoms with Gasteiger partial charge in [0.15, 0.2) is 6.10 Å². The highest BCUT2D eigenvalue weighted by atomic mass is 16.7. The SMILES string of the molecule is CCC(O/N=C(/OCc1ccccc1/C(=C\O)C(=O)OC)C1CC1)c1ccccn1. The highest BCUT2D eigenvalue weighted by molar-refractivity contribution is 6.16. The number of hydrogen-bond donors (Lipinski definition) is 1. The van der Waals surface area contributed by atoms with Crippen molar-refractivity contribution in [2.75, 3.05) is 7.11 Å². The number of pyridine rings is 1. The van der Waals surface area contributed by atoms with Gasteiger partial charge in [0.1, 0.15) is 12.2 Å². The minimum atomic E-state index is -0.620. The molecule has 30 heavy (non-hydrogen) atoms. The van der Waals surface area contributed by atoms with Crippen LogP contribution in [0.2, 0.25) is 0 Å². The zero-order valence-electron chi connectivity index (χ0n) is 17.2. The molecule has 1 saturated carbocycles.